The smallest absolute Gasteiger partial charge is 0.221 e. The molecule has 1 aliphatic heterocycles. The van der Waals surface area contributed by atoms with Gasteiger partial charge in [0, 0.05) is 44.8 Å². The number of hydrogen-bond acceptors (Lipinski definition) is 3. The summed E-state index contributed by atoms with van der Waals surface area (Å²) in [5, 5.41) is 6.21. The van der Waals surface area contributed by atoms with Crippen molar-refractivity contribution in [3.8, 4) is 0 Å². The van der Waals surface area contributed by atoms with Gasteiger partial charge in [-0.3, -0.25) is 9.69 Å². The zero-order chi connectivity index (χ0) is 13.7. The Morgan fingerprint density at radius 2 is 2.16 bits per heavy atom. The van der Waals surface area contributed by atoms with Crippen LogP contribution in [-0.4, -0.2) is 43.0 Å². The molecule has 1 aromatic carbocycles. The molecule has 0 aromatic heterocycles. The molecular formula is C15H23N3O. The predicted octanol–water partition coefficient (Wildman–Crippen LogP) is 1.48. The molecule has 0 bridgehead atoms. The van der Waals surface area contributed by atoms with Crippen LogP contribution in [0.2, 0.25) is 0 Å². The van der Waals surface area contributed by atoms with Crippen LogP contribution in [0.5, 0.6) is 0 Å². The molecule has 1 saturated heterocycles. The quantitative estimate of drug-likeness (QED) is 0.863. The molecule has 0 aliphatic carbocycles. The van der Waals surface area contributed by atoms with Crippen molar-refractivity contribution in [1.82, 2.24) is 10.2 Å². The van der Waals surface area contributed by atoms with E-state index in [9.17, 15) is 4.79 Å². The zero-order valence-corrected chi connectivity index (χ0v) is 11.8. The van der Waals surface area contributed by atoms with Crippen LogP contribution >= 0.6 is 0 Å². The monoisotopic (exact) mass is 261 g/mol. The van der Waals surface area contributed by atoms with E-state index in [0.29, 0.717) is 6.04 Å². The molecule has 0 saturated carbocycles. The average Bonchev–Trinajstić information content (AvgIpc) is 2.39. The van der Waals surface area contributed by atoms with Gasteiger partial charge < -0.3 is 10.6 Å². The third kappa shape index (κ3) is 4.33. The van der Waals surface area contributed by atoms with E-state index in [0.717, 1.165) is 38.3 Å². The van der Waals surface area contributed by atoms with Gasteiger partial charge in [-0.15, -0.1) is 0 Å². The van der Waals surface area contributed by atoms with Gasteiger partial charge in [0.25, 0.3) is 0 Å². The fourth-order valence-electron chi connectivity index (χ4n) is 2.57. The van der Waals surface area contributed by atoms with Crippen LogP contribution in [0.15, 0.2) is 24.3 Å². The van der Waals surface area contributed by atoms with Gasteiger partial charge in [0.15, 0.2) is 0 Å². The lowest BCUT2D eigenvalue weighted by atomic mass is 10.0. The van der Waals surface area contributed by atoms with Crippen LogP contribution in [-0.2, 0) is 11.2 Å². The molecule has 104 valence electrons. The van der Waals surface area contributed by atoms with E-state index in [4.69, 9.17) is 0 Å². The highest BCUT2D eigenvalue weighted by Gasteiger charge is 2.16. The van der Waals surface area contributed by atoms with E-state index in [1.165, 1.54) is 12.5 Å². The number of amides is 1. The van der Waals surface area contributed by atoms with Gasteiger partial charge >= 0.3 is 0 Å². The topological polar surface area (TPSA) is 44.4 Å². The summed E-state index contributed by atoms with van der Waals surface area (Å²) in [5.41, 5.74) is 2.16. The molecule has 1 aromatic rings. The largest absolute Gasteiger partial charge is 0.326 e. The molecule has 1 heterocycles. The highest BCUT2D eigenvalue weighted by atomic mass is 16.1. The summed E-state index contributed by atoms with van der Waals surface area (Å²) >= 11 is 0. The van der Waals surface area contributed by atoms with Gasteiger partial charge in [-0.25, -0.2) is 0 Å². The SMILES string of the molecule is CC(=O)Nc1cccc(CC(C)N2CCNCC2)c1. The van der Waals surface area contributed by atoms with Gasteiger partial charge in [-0.1, -0.05) is 12.1 Å². The van der Waals surface area contributed by atoms with Crippen LogP contribution in [0.1, 0.15) is 19.4 Å². The van der Waals surface area contributed by atoms with E-state index in [1.807, 2.05) is 12.1 Å². The van der Waals surface area contributed by atoms with Crippen molar-refractivity contribution in [2.75, 3.05) is 31.5 Å². The normalized spacial score (nSPS) is 18.0. The number of carbonyl (C=O) groups is 1. The molecule has 4 nitrogen and oxygen atoms in total. The minimum atomic E-state index is -0.0210. The van der Waals surface area contributed by atoms with E-state index in [1.54, 1.807) is 0 Å². The van der Waals surface area contributed by atoms with Gasteiger partial charge in [-0.2, -0.15) is 0 Å². The number of hydrogen-bond donors (Lipinski definition) is 2. The Labute approximate surface area is 115 Å². The summed E-state index contributed by atoms with van der Waals surface area (Å²) in [6.07, 6.45) is 1.02. The fraction of sp³-hybridized carbons (Fsp3) is 0.533. The maximum Gasteiger partial charge on any atom is 0.221 e. The molecular weight excluding hydrogens is 238 g/mol. The molecule has 1 aliphatic rings. The second-order valence-electron chi connectivity index (χ2n) is 5.22. The van der Waals surface area contributed by atoms with Crippen molar-refractivity contribution in [1.29, 1.82) is 0 Å². The van der Waals surface area contributed by atoms with Crippen molar-refractivity contribution in [2.24, 2.45) is 0 Å². The summed E-state index contributed by atoms with van der Waals surface area (Å²) in [6.45, 7) is 8.21. The summed E-state index contributed by atoms with van der Waals surface area (Å²) in [5.74, 6) is -0.0210. The number of carbonyl (C=O) groups excluding carboxylic acids is 1. The van der Waals surface area contributed by atoms with E-state index in [2.05, 4.69) is 34.6 Å². The molecule has 0 radical (unpaired) electrons. The van der Waals surface area contributed by atoms with Crippen molar-refractivity contribution < 1.29 is 4.79 Å². The second-order valence-corrected chi connectivity index (χ2v) is 5.22. The van der Waals surface area contributed by atoms with Crippen LogP contribution in [0, 0.1) is 0 Å². The molecule has 19 heavy (non-hydrogen) atoms. The van der Waals surface area contributed by atoms with E-state index < -0.39 is 0 Å². The van der Waals surface area contributed by atoms with Gasteiger partial charge in [0.05, 0.1) is 0 Å². The van der Waals surface area contributed by atoms with Gasteiger partial charge in [0.2, 0.25) is 5.91 Å². The molecule has 1 fully saturated rings. The molecule has 4 heteroatoms. The first-order valence-electron chi connectivity index (χ1n) is 6.96. The standard InChI is InChI=1S/C15H23N3O/c1-12(18-8-6-16-7-9-18)10-14-4-3-5-15(11-14)17-13(2)19/h3-5,11-12,16H,6-10H2,1-2H3,(H,17,19). The van der Waals surface area contributed by atoms with Crippen LogP contribution in [0.4, 0.5) is 5.69 Å². The third-order valence-corrected chi connectivity index (χ3v) is 3.55. The van der Waals surface area contributed by atoms with E-state index >= 15 is 0 Å². The maximum atomic E-state index is 11.1. The molecule has 1 atom stereocenters. The molecule has 0 spiro atoms. The zero-order valence-electron chi connectivity index (χ0n) is 11.8. The Kier molecular flexibility index (Phi) is 4.93. The number of benzene rings is 1. The first-order valence-corrected chi connectivity index (χ1v) is 6.96. The van der Waals surface area contributed by atoms with Crippen LogP contribution in [0.25, 0.3) is 0 Å². The minimum absolute atomic E-state index is 0.0210. The summed E-state index contributed by atoms with van der Waals surface area (Å²) < 4.78 is 0. The Morgan fingerprint density at radius 3 is 2.84 bits per heavy atom. The average molecular weight is 261 g/mol. The van der Waals surface area contributed by atoms with Crippen LogP contribution < -0.4 is 10.6 Å². The molecule has 2 N–H and O–H groups in total. The summed E-state index contributed by atoms with van der Waals surface area (Å²) in [6, 6.07) is 8.67. The highest BCUT2D eigenvalue weighted by molar-refractivity contribution is 5.88. The lowest BCUT2D eigenvalue weighted by molar-refractivity contribution is -0.114. The Morgan fingerprint density at radius 1 is 1.42 bits per heavy atom. The number of nitrogens with zero attached hydrogens (tertiary/aromatic N) is 1. The third-order valence-electron chi connectivity index (χ3n) is 3.55. The molecule has 1 unspecified atom stereocenters. The van der Waals surface area contributed by atoms with Crippen molar-refractivity contribution in [3.05, 3.63) is 29.8 Å². The predicted molar refractivity (Wildman–Crippen MR) is 78.4 cm³/mol. The minimum Gasteiger partial charge on any atom is -0.326 e. The van der Waals surface area contributed by atoms with E-state index in [-0.39, 0.29) is 5.91 Å². The lowest BCUT2D eigenvalue weighted by Crippen LogP contribution is -2.48. The highest BCUT2D eigenvalue weighted by Crippen LogP contribution is 2.14. The first-order chi connectivity index (χ1) is 9.15. The van der Waals surface area contributed by atoms with Gasteiger partial charge in [-0.05, 0) is 31.0 Å². The summed E-state index contributed by atoms with van der Waals surface area (Å²) in [4.78, 5) is 13.6. The lowest BCUT2D eigenvalue weighted by Gasteiger charge is -2.32. The molecule has 1 amide bonds. The summed E-state index contributed by atoms with van der Waals surface area (Å²) in [7, 11) is 0. The molecule has 2 rings (SSSR count). The Hall–Kier alpha value is -1.39. The maximum absolute atomic E-state index is 11.1. The second kappa shape index (κ2) is 6.68. The first kappa shape index (κ1) is 14.0. The van der Waals surface area contributed by atoms with Crippen LogP contribution in [0.3, 0.4) is 0 Å². The number of piperazine rings is 1. The fourth-order valence-corrected chi connectivity index (χ4v) is 2.57. The van der Waals surface area contributed by atoms with Crippen molar-refractivity contribution in [2.45, 2.75) is 26.3 Å². The van der Waals surface area contributed by atoms with Crippen molar-refractivity contribution >= 4 is 11.6 Å². The Bertz CT molecular complexity index is 427. The van der Waals surface area contributed by atoms with Gasteiger partial charge in [0.1, 0.15) is 0 Å². The van der Waals surface area contributed by atoms with Crippen molar-refractivity contribution in [3.63, 3.8) is 0 Å². The number of anilines is 1. The number of nitrogens with one attached hydrogen (secondary N) is 2. The number of rotatable bonds is 4. The Balaban J connectivity index is 1.95.